The molecule has 0 aliphatic carbocycles. The lowest BCUT2D eigenvalue weighted by Crippen LogP contribution is -1.98. The van der Waals surface area contributed by atoms with Gasteiger partial charge in [0.05, 0.1) is 0 Å². The SMILES string of the molecule is CCCCCCCC(=O)c1cn(C)c2cc(C)ccc12. The average Bonchev–Trinajstić information content (AvgIpc) is 2.75. The maximum atomic E-state index is 12.4. The topological polar surface area (TPSA) is 22.0 Å². The van der Waals surface area contributed by atoms with Gasteiger partial charge >= 0.3 is 0 Å². The molecule has 2 nitrogen and oxygen atoms in total. The van der Waals surface area contributed by atoms with E-state index in [1.54, 1.807) is 0 Å². The zero-order valence-corrected chi connectivity index (χ0v) is 12.9. The molecular weight excluding hydrogens is 246 g/mol. The predicted octanol–water partition coefficient (Wildman–Crippen LogP) is 5.03. The molecule has 1 aromatic heterocycles. The maximum absolute atomic E-state index is 12.4. The van der Waals surface area contributed by atoms with Crippen LogP contribution >= 0.6 is 0 Å². The van der Waals surface area contributed by atoms with Crippen molar-refractivity contribution in [3.8, 4) is 0 Å². The summed E-state index contributed by atoms with van der Waals surface area (Å²) in [5.74, 6) is 0.288. The minimum absolute atomic E-state index is 0.288. The zero-order chi connectivity index (χ0) is 14.5. The minimum Gasteiger partial charge on any atom is -0.350 e. The highest BCUT2D eigenvalue weighted by molar-refractivity contribution is 6.08. The lowest BCUT2D eigenvalue weighted by atomic mass is 10.0. The number of ketones is 1. The summed E-state index contributed by atoms with van der Waals surface area (Å²) in [7, 11) is 2.01. The van der Waals surface area contributed by atoms with Gasteiger partial charge in [-0.2, -0.15) is 0 Å². The Labute approximate surface area is 121 Å². The van der Waals surface area contributed by atoms with E-state index in [0.717, 1.165) is 22.9 Å². The molecule has 1 heterocycles. The highest BCUT2D eigenvalue weighted by Crippen LogP contribution is 2.23. The number of fused-ring (bicyclic) bond motifs is 1. The zero-order valence-electron chi connectivity index (χ0n) is 12.9. The number of unbranched alkanes of at least 4 members (excludes halogenated alkanes) is 4. The van der Waals surface area contributed by atoms with Crippen molar-refractivity contribution in [3.63, 3.8) is 0 Å². The molecule has 0 bridgehead atoms. The summed E-state index contributed by atoms with van der Waals surface area (Å²) in [6, 6.07) is 6.31. The van der Waals surface area contributed by atoms with Gasteiger partial charge in [0.2, 0.25) is 0 Å². The average molecular weight is 271 g/mol. The fourth-order valence-electron chi connectivity index (χ4n) is 2.74. The molecule has 0 unspecified atom stereocenters. The Bertz CT molecular complexity index is 595. The number of hydrogen-bond donors (Lipinski definition) is 0. The normalized spacial score (nSPS) is 11.2. The molecule has 108 valence electrons. The van der Waals surface area contributed by atoms with E-state index in [0.29, 0.717) is 6.42 Å². The number of aryl methyl sites for hydroxylation is 2. The van der Waals surface area contributed by atoms with Crippen molar-refractivity contribution in [3.05, 3.63) is 35.5 Å². The third kappa shape index (κ3) is 3.30. The highest BCUT2D eigenvalue weighted by atomic mass is 16.1. The molecular formula is C18H25NO. The third-order valence-corrected chi connectivity index (χ3v) is 3.95. The Kier molecular flexibility index (Phi) is 4.99. The Morgan fingerprint density at radius 3 is 2.65 bits per heavy atom. The summed E-state index contributed by atoms with van der Waals surface area (Å²) >= 11 is 0. The van der Waals surface area contributed by atoms with Crippen LogP contribution in [-0.2, 0) is 7.05 Å². The highest BCUT2D eigenvalue weighted by Gasteiger charge is 2.13. The van der Waals surface area contributed by atoms with Crippen LogP contribution < -0.4 is 0 Å². The van der Waals surface area contributed by atoms with Gasteiger partial charge in [0.15, 0.2) is 5.78 Å². The van der Waals surface area contributed by atoms with Gasteiger partial charge in [0.25, 0.3) is 0 Å². The van der Waals surface area contributed by atoms with Crippen molar-refractivity contribution in [2.45, 2.75) is 52.4 Å². The third-order valence-electron chi connectivity index (χ3n) is 3.95. The molecule has 0 amide bonds. The smallest absolute Gasteiger partial charge is 0.165 e. The Morgan fingerprint density at radius 1 is 1.15 bits per heavy atom. The first-order valence-corrected chi connectivity index (χ1v) is 7.72. The van der Waals surface area contributed by atoms with E-state index in [2.05, 4.69) is 36.6 Å². The van der Waals surface area contributed by atoms with Crippen molar-refractivity contribution in [1.29, 1.82) is 0 Å². The predicted molar refractivity (Wildman–Crippen MR) is 85.4 cm³/mol. The van der Waals surface area contributed by atoms with E-state index >= 15 is 0 Å². The molecule has 2 aromatic rings. The van der Waals surface area contributed by atoms with Gasteiger partial charge in [-0.15, -0.1) is 0 Å². The second kappa shape index (κ2) is 6.74. The summed E-state index contributed by atoms with van der Waals surface area (Å²) < 4.78 is 2.06. The molecule has 0 aliphatic heterocycles. The Balaban J connectivity index is 2.07. The molecule has 20 heavy (non-hydrogen) atoms. The van der Waals surface area contributed by atoms with Crippen molar-refractivity contribution in [2.24, 2.45) is 7.05 Å². The summed E-state index contributed by atoms with van der Waals surface area (Å²) in [6.07, 6.45) is 8.62. The standard InChI is InChI=1S/C18H25NO/c1-4-5-6-7-8-9-18(20)16-13-19(3)17-12-14(2)10-11-15(16)17/h10-13H,4-9H2,1-3H3. The summed E-state index contributed by atoms with van der Waals surface area (Å²) in [6.45, 7) is 4.30. The number of aromatic nitrogens is 1. The van der Waals surface area contributed by atoms with Gasteiger partial charge in [-0.3, -0.25) is 4.79 Å². The number of Topliss-reactive ketones (excluding diaryl/α,β-unsaturated/α-hetero) is 1. The van der Waals surface area contributed by atoms with Gasteiger partial charge in [-0.1, -0.05) is 44.7 Å². The van der Waals surface area contributed by atoms with Crippen LogP contribution in [0.5, 0.6) is 0 Å². The summed E-state index contributed by atoms with van der Waals surface area (Å²) in [5, 5.41) is 1.09. The van der Waals surface area contributed by atoms with E-state index in [1.165, 1.54) is 31.2 Å². The number of carbonyl (C=O) groups excluding carboxylic acids is 1. The van der Waals surface area contributed by atoms with Gasteiger partial charge in [-0.25, -0.2) is 0 Å². The van der Waals surface area contributed by atoms with Gasteiger partial charge in [0.1, 0.15) is 0 Å². The molecule has 0 atom stereocenters. The van der Waals surface area contributed by atoms with Crippen LogP contribution in [0.15, 0.2) is 24.4 Å². The van der Waals surface area contributed by atoms with E-state index in [-0.39, 0.29) is 5.78 Å². The monoisotopic (exact) mass is 271 g/mol. The summed E-state index contributed by atoms with van der Waals surface area (Å²) in [5.41, 5.74) is 3.27. The molecule has 0 spiro atoms. The van der Waals surface area contributed by atoms with Crippen LogP contribution in [0.3, 0.4) is 0 Å². The van der Waals surface area contributed by atoms with E-state index in [1.807, 2.05) is 13.2 Å². The van der Waals surface area contributed by atoms with Gasteiger partial charge < -0.3 is 4.57 Å². The van der Waals surface area contributed by atoms with Crippen LogP contribution in [0.4, 0.5) is 0 Å². The lowest BCUT2D eigenvalue weighted by Gasteiger charge is -2.01. The number of benzene rings is 1. The fourth-order valence-corrected chi connectivity index (χ4v) is 2.74. The van der Waals surface area contributed by atoms with Crippen LogP contribution in [-0.4, -0.2) is 10.4 Å². The number of hydrogen-bond acceptors (Lipinski definition) is 1. The van der Waals surface area contributed by atoms with Crippen molar-refractivity contribution < 1.29 is 4.79 Å². The second-order valence-corrected chi connectivity index (χ2v) is 5.76. The first kappa shape index (κ1) is 14.8. The summed E-state index contributed by atoms with van der Waals surface area (Å²) in [4.78, 5) is 12.4. The first-order valence-electron chi connectivity index (χ1n) is 7.72. The van der Waals surface area contributed by atoms with Crippen LogP contribution in [0.2, 0.25) is 0 Å². The number of carbonyl (C=O) groups is 1. The van der Waals surface area contributed by atoms with E-state index in [4.69, 9.17) is 0 Å². The van der Waals surface area contributed by atoms with Crippen LogP contribution in [0.1, 0.15) is 61.4 Å². The molecule has 0 fully saturated rings. The number of nitrogens with zero attached hydrogens (tertiary/aromatic N) is 1. The molecule has 0 saturated carbocycles. The second-order valence-electron chi connectivity index (χ2n) is 5.76. The Morgan fingerprint density at radius 2 is 1.90 bits per heavy atom. The number of rotatable bonds is 7. The van der Waals surface area contributed by atoms with Crippen LogP contribution in [0, 0.1) is 6.92 Å². The molecule has 1 aromatic carbocycles. The maximum Gasteiger partial charge on any atom is 0.165 e. The Hall–Kier alpha value is -1.57. The molecule has 0 radical (unpaired) electrons. The van der Waals surface area contributed by atoms with Crippen molar-refractivity contribution in [2.75, 3.05) is 0 Å². The fraction of sp³-hybridized carbons (Fsp3) is 0.500. The lowest BCUT2D eigenvalue weighted by molar-refractivity contribution is 0.0980. The van der Waals surface area contributed by atoms with Gasteiger partial charge in [0, 0.05) is 36.1 Å². The van der Waals surface area contributed by atoms with Crippen molar-refractivity contribution >= 4 is 16.7 Å². The molecule has 2 rings (SSSR count). The van der Waals surface area contributed by atoms with Crippen molar-refractivity contribution in [1.82, 2.24) is 4.57 Å². The molecule has 0 N–H and O–H groups in total. The molecule has 2 heteroatoms. The minimum atomic E-state index is 0.288. The van der Waals surface area contributed by atoms with E-state index in [9.17, 15) is 4.79 Å². The van der Waals surface area contributed by atoms with E-state index < -0.39 is 0 Å². The molecule has 0 aliphatic rings. The quantitative estimate of drug-likeness (QED) is 0.511. The first-order chi connectivity index (χ1) is 9.63. The van der Waals surface area contributed by atoms with Gasteiger partial charge in [-0.05, 0) is 25.0 Å². The molecule has 0 saturated heterocycles. The largest absolute Gasteiger partial charge is 0.350 e. The van der Waals surface area contributed by atoms with Crippen LogP contribution in [0.25, 0.3) is 10.9 Å².